The summed E-state index contributed by atoms with van der Waals surface area (Å²) in [7, 11) is 0. The first kappa shape index (κ1) is 15.2. The van der Waals surface area contributed by atoms with Gasteiger partial charge in [0.25, 0.3) is 0 Å². The van der Waals surface area contributed by atoms with Gasteiger partial charge in [0.05, 0.1) is 13.2 Å². The standard InChI is InChI=1S/C17H25NO2/c1-12-11-13(2)15(4)17(14(12)3)16(19)5-6-18-7-9-20-10-8-18/h11H,5-10H2,1-4H3. The summed E-state index contributed by atoms with van der Waals surface area (Å²) in [5, 5.41) is 0. The average molecular weight is 275 g/mol. The Morgan fingerprint density at radius 3 is 2.20 bits per heavy atom. The summed E-state index contributed by atoms with van der Waals surface area (Å²) in [6, 6.07) is 2.17. The molecule has 1 aliphatic heterocycles. The number of carbonyl (C=O) groups is 1. The molecule has 1 aromatic rings. The van der Waals surface area contributed by atoms with Crippen LogP contribution in [-0.4, -0.2) is 43.5 Å². The average Bonchev–Trinajstić information content (AvgIpc) is 2.44. The van der Waals surface area contributed by atoms with Crippen LogP contribution < -0.4 is 0 Å². The van der Waals surface area contributed by atoms with E-state index in [1.165, 1.54) is 11.1 Å². The summed E-state index contributed by atoms with van der Waals surface area (Å²) in [5.41, 5.74) is 5.64. The molecule has 1 heterocycles. The number of benzene rings is 1. The number of Topliss-reactive ketones (excluding diaryl/α,β-unsaturated/α-hetero) is 1. The number of hydrogen-bond acceptors (Lipinski definition) is 3. The number of nitrogens with zero attached hydrogens (tertiary/aromatic N) is 1. The molecule has 1 saturated heterocycles. The normalized spacial score (nSPS) is 16.4. The SMILES string of the molecule is Cc1cc(C)c(C)c(C(=O)CCN2CCOCC2)c1C. The molecule has 0 atom stereocenters. The fourth-order valence-electron chi connectivity index (χ4n) is 2.84. The van der Waals surface area contributed by atoms with Crippen molar-refractivity contribution < 1.29 is 9.53 Å². The molecule has 1 aliphatic rings. The maximum absolute atomic E-state index is 12.6. The first-order valence-electron chi connectivity index (χ1n) is 7.41. The van der Waals surface area contributed by atoms with Crippen LogP contribution in [0.15, 0.2) is 6.07 Å². The van der Waals surface area contributed by atoms with Crippen molar-refractivity contribution in [1.29, 1.82) is 0 Å². The Hall–Kier alpha value is -1.19. The molecular formula is C17H25NO2. The van der Waals surface area contributed by atoms with Gasteiger partial charge in [0.1, 0.15) is 0 Å². The quantitative estimate of drug-likeness (QED) is 0.791. The van der Waals surface area contributed by atoms with E-state index in [-0.39, 0.29) is 5.78 Å². The summed E-state index contributed by atoms with van der Waals surface area (Å²) < 4.78 is 5.33. The third-order valence-electron chi connectivity index (χ3n) is 4.40. The van der Waals surface area contributed by atoms with Crippen molar-refractivity contribution in [3.05, 3.63) is 33.9 Å². The fourth-order valence-corrected chi connectivity index (χ4v) is 2.84. The monoisotopic (exact) mass is 275 g/mol. The van der Waals surface area contributed by atoms with Gasteiger partial charge in [-0.2, -0.15) is 0 Å². The van der Waals surface area contributed by atoms with Gasteiger partial charge in [-0.3, -0.25) is 9.69 Å². The van der Waals surface area contributed by atoms with Gasteiger partial charge in [-0.05, 0) is 49.9 Å². The van der Waals surface area contributed by atoms with Crippen molar-refractivity contribution in [2.75, 3.05) is 32.8 Å². The highest BCUT2D eigenvalue weighted by Gasteiger charge is 2.17. The highest BCUT2D eigenvalue weighted by molar-refractivity contribution is 5.99. The number of morpholine rings is 1. The lowest BCUT2D eigenvalue weighted by Crippen LogP contribution is -2.37. The topological polar surface area (TPSA) is 29.5 Å². The van der Waals surface area contributed by atoms with Crippen LogP contribution >= 0.6 is 0 Å². The predicted molar refractivity (Wildman–Crippen MR) is 81.6 cm³/mol. The fraction of sp³-hybridized carbons (Fsp3) is 0.588. The number of aryl methyl sites for hydroxylation is 2. The van der Waals surface area contributed by atoms with E-state index in [4.69, 9.17) is 4.74 Å². The molecule has 0 aromatic heterocycles. The van der Waals surface area contributed by atoms with E-state index in [1.807, 2.05) is 0 Å². The zero-order valence-corrected chi connectivity index (χ0v) is 13.1. The minimum atomic E-state index is 0.276. The molecule has 0 saturated carbocycles. The van der Waals surface area contributed by atoms with Gasteiger partial charge in [-0.25, -0.2) is 0 Å². The number of rotatable bonds is 4. The number of ketones is 1. The first-order valence-corrected chi connectivity index (χ1v) is 7.41. The zero-order valence-electron chi connectivity index (χ0n) is 13.1. The van der Waals surface area contributed by atoms with Gasteiger partial charge in [0, 0.05) is 31.6 Å². The lowest BCUT2D eigenvalue weighted by atomic mass is 9.91. The molecule has 0 spiro atoms. The van der Waals surface area contributed by atoms with Gasteiger partial charge in [0.15, 0.2) is 5.78 Å². The van der Waals surface area contributed by atoms with Gasteiger partial charge in [-0.1, -0.05) is 6.07 Å². The van der Waals surface area contributed by atoms with Crippen molar-refractivity contribution in [3.8, 4) is 0 Å². The molecule has 0 unspecified atom stereocenters. The van der Waals surface area contributed by atoms with Crippen LogP contribution in [0.1, 0.15) is 39.0 Å². The van der Waals surface area contributed by atoms with Gasteiger partial charge < -0.3 is 4.74 Å². The molecule has 20 heavy (non-hydrogen) atoms. The number of ether oxygens (including phenoxy) is 1. The molecule has 1 aromatic carbocycles. The van der Waals surface area contributed by atoms with Crippen molar-refractivity contribution >= 4 is 5.78 Å². The molecule has 1 fully saturated rings. The van der Waals surface area contributed by atoms with Gasteiger partial charge in [0.2, 0.25) is 0 Å². The molecule has 110 valence electrons. The minimum absolute atomic E-state index is 0.276. The molecule has 0 N–H and O–H groups in total. The summed E-state index contributed by atoms with van der Waals surface area (Å²) >= 11 is 0. The van der Waals surface area contributed by atoms with Crippen LogP contribution in [0, 0.1) is 27.7 Å². The first-order chi connectivity index (χ1) is 9.50. The Labute approximate surface area is 121 Å². The van der Waals surface area contributed by atoms with Crippen LogP contribution in [0.2, 0.25) is 0 Å². The Morgan fingerprint density at radius 1 is 1.10 bits per heavy atom. The zero-order chi connectivity index (χ0) is 14.7. The van der Waals surface area contributed by atoms with E-state index in [2.05, 4.69) is 38.7 Å². The maximum atomic E-state index is 12.6. The molecule has 0 amide bonds. The van der Waals surface area contributed by atoms with Crippen LogP contribution in [-0.2, 0) is 4.74 Å². The van der Waals surface area contributed by atoms with Crippen LogP contribution in [0.3, 0.4) is 0 Å². The summed E-state index contributed by atoms with van der Waals surface area (Å²) in [4.78, 5) is 14.9. The predicted octanol–water partition coefficient (Wildman–Crippen LogP) is 2.83. The van der Waals surface area contributed by atoms with Crippen LogP contribution in [0.5, 0.6) is 0 Å². The maximum Gasteiger partial charge on any atom is 0.164 e. The molecule has 0 radical (unpaired) electrons. The third-order valence-corrected chi connectivity index (χ3v) is 4.40. The molecule has 2 rings (SSSR count). The van der Waals surface area contributed by atoms with Crippen LogP contribution in [0.25, 0.3) is 0 Å². The van der Waals surface area contributed by atoms with Crippen molar-refractivity contribution in [1.82, 2.24) is 4.90 Å². The lowest BCUT2D eigenvalue weighted by molar-refractivity contribution is 0.0370. The van der Waals surface area contributed by atoms with Crippen molar-refractivity contribution in [2.45, 2.75) is 34.1 Å². The summed E-state index contributed by atoms with van der Waals surface area (Å²) in [6.07, 6.45) is 0.602. The van der Waals surface area contributed by atoms with E-state index in [1.54, 1.807) is 0 Å². The molecule has 3 heteroatoms. The second-order valence-electron chi connectivity index (χ2n) is 5.76. The van der Waals surface area contributed by atoms with Crippen LogP contribution in [0.4, 0.5) is 0 Å². The summed E-state index contributed by atoms with van der Waals surface area (Å²) in [5.74, 6) is 0.276. The molecule has 0 bridgehead atoms. The van der Waals surface area contributed by atoms with E-state index in [0.29, 0.717) is 6.42 Å². The molecule has 0 aliphatic carbocycles. The van der Waals surface area contributed by atoms with Gasteiger partial charge in [-0.15, -0.1) is 0 Å². The largest absolute Gasteiger partial charge is 0.379 e. The van der Waals surface area contributed by atoms with E-state index >= 15 is 0 Å². The Kier molecular flexibility index (Phi) is 4.95. The Bertz CT molecular complexity index is 476. The van der Waals surface area contributed by atoms with Crippen molar-refractivity contribution in [2.24, 2.45) is 0 Å². The molecule has 3 nitrogen and oxygen atoms in total. The van der Waals surface area contributed by atoms with Gasteiger partial charge >= 0.3 is 0 Å². The van der Waals surface area contributed by atoms with E-state index in [0.717, 1.165) is 49.5 Å². The summed E-state index contributed by atoms with van der Waals surface area (Å²) in [6.45, 7) is 12.6. The smallest absolute Gasteiger partial charge is 0.164 e. The lowest BCUT2D eigenvalue weighted by Gasteiger charge is -2.26. The minimum Gasteiger partial charge on any atom is -0.379 e. The highest BCUT2D eigenvalue weighted by Crippen LogP contribution is 2.23. The van der Waals surface area contributed by atoms with Crippen molar-refractivity contribution in [3.63, 3.8) is 0 Å². The number of carbonyl (C=O) groups excluding carboxylic acids is 1. The Balaban J connectivity index is 2.09. The Morgan fingerprint density at radius 2 is 1.65 bits per heavy atom. The highest BCUT2D eigenvalue weighted by atomic mass is 16.5. The number of hydrogen-bond donors (Lipinski definition) is 0. The van der Waals surface area contributed by atoms with E-state index < -0.39 is 0 Å². The second kappa shape index (κ2) is 6.51. The molecular weight excluding hydrogens is 250 g/mol. The third kappa shape index (κ3) is 3.28. The second-order valence-corrected chi connectivity index (χ2v) is 5.76. The van der Waals surface area contributed by atoms with E-state index in [9.17, 15) is 4.79 Å².